The topological polar surface area (TPSA) is 105 Å². The molecule has 2 aromatic carbocycles. The monoisotopic (exact) mass is 519 g/mol. The van der Waals surface area contributed by atoms with Crippen LogP contribution in [0.15, 0.2) is 48.5 Å². The number of likely N-dealkylation sites (N-methyl/N-ethyl adjacent to an activating group) is 1. The van der Waals surface area contributed by atoms with Crippen molar-refractivity contribution < 1.29 is 27.5 Å². The van der Waals surface area contributed by atoms with Crippen LogP contribution >= 0.6 is 0 Å². The Morgan fingerprint density at radius 2 is 1.50 bits per heavy atom. The third-order valence-corrected chi connectivity index (χ3v) is 6.96. The van der Waals surface area contributed by atoms with Gasteiger partial charge in [0.25, 0.3) is 0 Å². The number of carbonyl (C=O) groups excluding carboxylic acids is 2. The number of sulfonamides is 1. The first-order valence-corrected chi connectivity index (χ1v) is 13.8. The fourth-order valence-corrected chi connectivity index (χ4v) is 4.86. The van der Waals surface area contributed by atoms with E-state index in [1.54, 1.807) is 36.3 Å². The zero-order valence-electron chi connectivity index (χ0n) is 21.7. The van der Waals surface area contributed by atoms with Crippen LogP contribution in [-0.2, 0) is 26.2 Å². The predicted molar refractivity (Wildman–Crippen MR) is 141 cm³/mol. The van der Waals surface area contributed by atoms with E-state index in [-0.39, 0.29) is 31.3 Å². The van der Waals surface area contributed by atoms with Crippen LogP contribution in [0, 0.1) is 0 Å². The molecule has 10 heteroatoms. The van der Waals surface area contributed by atoms with Crippen molar-refractivity contribution in [2.45, 2.75) is 45.7 Å². The fraction of sp³-hybridized carbons (Fsp3) is 0.462. The van der Waals surface area contributed by atoms with Gasteiger partial charge in [-0.3, -0.25) is 13.9 Å². The van der Waals surface area contributed by atoms with E-state index in [0.717, 1.165) is 11.8 Å². The maximum atomic E-state index is 13.4. The van der Waals surface area contributed by atoms with Crippen molar-refractivity contribution in [3.8, 4) is 11.5 Å². The zero-order chi connectivity index (χ0) is 26.7. The number of hydrogen-bond acceptors (Lipinski definition) is 6. The first-order valence-electron chi connectivity index (χ1n) is 12.0. The van der Waals surface area contributed by atoms with Crippen LogP contribution in [0.25, 0.3) is 0 Å². The summed E-state index contributed by atoms with van der Waals surface area (Å²) in [6.07, 6.45) is 1.98. The molecule has 36 heavy (non-hydrogen) atoms. The van der Waals surface area contributed by atoms with Crippen molar-refractivity contribution in [2.75, 3.05) is 37.9 Å². The number of amides is 2. The van der Waals surface area contributed by atoms with E-state index >= 15 is 0 Å². The molecule has 0 saturated carbocycles. The van der Waals surface area contributed by atoms with Gasteiger partial charge in [0, 0.05) is 26.1 Å². The van der Waals surface area contributed by atoms with Crippen LogP contribution in [-0.4, -0.2) is 64.7 Å². The normalized spacial score (nSPS) is 11.9. The number of nitrogens with one attached hydrogen (secondary N) is 1. The highest BCUT2D eigenvalue weighted by Gasteiger charge is 2.28. The molecule has 1 unspecified atom stereocenters. The second-order valence-corrected chi connectivity index (χ2v) is 10.2. The molecule has 0 bridgehead atoms. The van der Waals surface area contributed by atoms with Gasteiger partial charge in [-0.15, -0.1) is 0 Å². The SMILES string of the molecule is CCNC(=O)C(CC)N(Cc1ccc(OC)cc1)C(=O)CCCN(c1ccc(OC)cc1)S(C)(=O)=O. The molecule has 0 heterocycles. The van der Waals surface area contributed by atoms with Gasteiger partial charge in [-0.1, -0.05) is 19.1 Å². The van der Waals surface area contributed by atoms with Gasteiger partial charge in [0.05, 0.1) is 26.2 Å². The molecule has 0 spiro atoms. The molecule has 0 radical (unpaired) electrons. The third kappa shape index (κ3) is 8.15. The Morgan fingerprint density at radius 3 is 1.97 bits per heavy atom. The highest BCUT2D eigenvalue weighted by molar-refractivity contribution is 7.92. The Bertz CT molecular complexity index is 1090. The molecule has 1 N–H and O–H groups in total. The van der Waals surface area contributed by atoms with Crippen molar-refractivity contribution in [2.24, 2.45) is 0 Å². The Labute approximate surface area is 214 Å². The van der Waals surface area contributed by atoms with E-state index in [1.807, 2.05) is 38.1 Å². The average molecular weight is 520 g/mol. The minimum Gasteiger partial charge on any atom is -0.497 e. The quantitative estimate of drug-likeness (QED) is 0.411. The van der Waals surface area contributed by atoms with E-state index in [1.165, 1.54) is 11.4 Å². The van der Waals surface area contributed by atoms with Crippen LogP contribution in [0.1, 0.15) is 38.7 Å². The Kier molecular flexibility index (Phi) is 11.0. The summed E-state index contributed by atoms with van der Waals surface area (Å²) in [6, 6.07) is 13.4. The lowest BCUT2D eigenvalue weighted by atomic mass is 10.1. The van der Waals surface area contributed by atoms with Gasteiger partial charge in [-0.2, -0.15) is 0 Å². The average Bonchev–Trinajstić information content (AvgIpc) is 2.86. The van der Waals surface area contributed by atoms with Crippen LogP contribution in [0.3, 0.4) is 0 Å². The predicted octanol–water partition coefficient (Wildman–Crippen LogP) is 3.19. The Hall–Kier alpha value is -3.27. The van der Waals surface area contributed by atoms with E-state index in [2.05, 4.69) is 5.32 Å². The highest BCUT2D eigenvalue weighted by Crippen LogP contribution is 2.23. The van der Waals surface area contributed by atoms with E-state index in [9.17, 15) is 18.0 Å². The fourth-order valence-electron chi connectivity index (χ4n) is 3.89. The number of nitrogens with zero attached hydrogens (tertiary/aromatic N) is 2. The summed E-state index contributed by atoms with van der Waals surface area (Å²) in [6.45, 7) is 4.55. The number of rotatable bonds is 14. The van der Waals surface area contributed by atoms with Gasteiger partial charge in [-0.05, 0) is 61.7 Å². The molecular formula is C26H37N3O6S. The van der Waals surface area contributed by atoms with Crippen LogP contribution in [0.5, 0.6) is 11.5 Å². The van der Waals surface area contributed by atoms with Crippen molar-refractivity contribution in [3.63, 3.8) is 0 Å². The number of anilines is 1. The zero-order valence-corrected chi connectivity index (χ0v) is 22.5. The highest BCUT2D eigenvalue weighted by atomic mass is 32.2. The summed E-state index contributed by atoms with van der Waals surface area (Å²) in [5.74, 6) is 0.893. The van der Waals surface area contributed by atoms with Gasteiger partial charge in [0.1, 0.15) is 17.5 Å². The molecule has 0 fully saturated rings. The summed E-state index contributed by atoms with van der Waals surface area (Å²) in [4.78, 5) is 27.7. The molecule has 198 valence electrons. The van der Waals surface area contributed by atoms with E-state index in [4.69, 9.17) is 9.47 Å². The maximum Gasteiger partial charge on any atom is 0.242 e. The summed E-state index contributed by atoms with van der Waals surface area (Å²) in [5.41, 5.74) is 1.36. The molecule has 0 aromatic heterocycles. The van der Waals surface area contributed by atoms with E-state index < -0.39 is 16.1 Å². The van der Waals surface area contributed by atoms with Gasteiger partial charge in [-0.25, -0.2) is 8.42 Å². The molecule has 2 aromatic rings. The van der Waals surface area contributed by atoms with Gasteiger partial charge < -0.3 is 19.7 Å². The van der Waals surface area contributed by atoms with Gasteiger partial charge in [0.15, 0.2) is 0 Å². The molecule has 2 rings (SSSR count). The molecule has 1 atom stereocenters. The standard InChI is InChI=1S/C26H37N3O6S/c1-6-24(26(31)27-7-2)28(19-20-10-14-22(34-3)15-11-20)25(30)9-8-18-29(36(5,32)33)21-12-16-23(35-4)17-13-21/h10-17,24H,6-9,18-19H2,1-5H3,(H,27,31). The molecule has 2 amide bonds. The molecule has 0 aliphatic rings. The molecule has 9 nitrogen and oxygen atoms in total. The van der Waals surface area contributed by atoms with Crippen molar-refractivity contribution in [1.29, 1.82) is 0 Å². The maximum absolute atomic E-state index is 13.4. The number of methoxy groups -OCH3 is 2. The summed E-state index contributed by atoms with van der Waals surface area (Å²) < 4.78 is 36.5. The lowest BCUT2D eigenvalue weighted by Gasteiger charge is -2.31. The molecule has 0 aliphatic carbocycles. The van der Waals surface area contributed by atoms with Crippen LogP contribution in [0.2, 0.25) is 0 Å². The second kappa shape index (κ2) is 13.7. The van der Waals surface area contributed by atoms with Crippen molar-refractivity contribution >= 4 is 27.5 Å². The Balaban J connectivity index is 2.19. The Morgan fingerprint density at radius 1 is 0.944 bits per heavy atom. The first-order chi connectivity index (χ1) is 17.1. The van der Waals surface area contributed by atoms with Crippen LogP contribution in [0.4, 0.5) is 5.69 Å². The van der Waals surface area contributed by atoms with E-state index in [0.29, 0.717) is 36.6 Å². The lowest BCUT2D eigenvalue weighted by Crippen LogP contribution is -2.49. The largest absolute Gasteiger partial charge is 0.497 e. The molecule has 0 aliphatic heterocycles. The lowest BCUT2D eigenvalue weighted by molar-refractivity contribution is -0.141. The second-order valence-electron chi connectivity index (χ2n) is 8.33. The third-order valence-electron chi connectivity index (χ3n) is 5.76. The smallest absolute Gasteiger partial charge is 0.242 e. The van der Waals surface area contributed by atoms with Crippen molar-refractivity contribution in [1.82, 2.24) is 10.2 Å². The summed E-state index contributed by atoms with van der Waals surface area (Å²) in [7, 11) is -0.440. The summed E-state index contributed by atoms with van der Waals surface area (Å²) >= 11 is 0. The molecule has 0 saturated heterocycles. The van der Waals surface area contributed by atoms with Crippen molar-refractivity contribution in [3.05, 3.63) is 54.1 Å². The minimum absolute atomic E-state index is 0.0915. The number of ether oxygens (including phenoxy) is 2. The van der Waals surface area contributed by atoms with Crippen LogP contribution < -0.4 is 19.1 Å². The summed E-state index contributed by atoms with van der Waals surface area (Å²) in [5, 5.41) is 2.81. The molecular weight excluding hydrogens is 482 g/mol. The minimum atomic E-state index is -3.56. The number of carbonyl (C=O) groups is 2. The van der Waals surface area contributed by atoms with Gasteiger partial charge in [0.2, 0.25) is 21.8 Å². The number of hydrogen-bond donors (Lipinski definition) is 1. The number of benzene rings is 2. The van der Waals surface area contributed by atoms with Gasteiger partial charge >= 0.3 is 0 Å². The first kappa shape index (κ1) is 29.0.